The van der Waals surface area contributed by atoms with Crippen LogP contribution < -0.4 is 4.74 Å². The first-order chi connectivity index (χ1) is 13.7. The molecule has 0 fully saturated rings. The summed E-state index contributed by atoms with van der Waals surface area (Å²) in [5.74, 6) is 0.966. The van der Waals surface area contributed by atoms with Gasteiger partial charge in [0, 0.05) is 11.9 Å². The van der Waals surface area contributed by atoms with E-state index in [1.807, 2.05) is 48.5 Å². The Morgan fingerprint density at radius 3 is 2.32 bits per heavy atom. The molecule has 28 heavy (non-hydrogen) atoms. The fourth-order valence-corrected chi connectivity index (χ4v) is 3.20. The highest BCUT2D eigenvalue weighted by atomic mass is 19.1. The molecular formula is C24H17FN2O. The predicted molar refractivity (Wildman–Crippen MR) is 110 cm³/mol. The van der Waals surface area contributed by atoms with Crippen LogP contribution in [0.25, 0.3) is 21.4 Å². The van der Waals surface area contributed by atoms with Crippen LogP contribution >= 0.6 is 0 Å². The lowest BCUT2D eigenvalue weighted by molar-refractivity contribution is 0.480. The van der Waals surface area contributed by atoms with Crippen molar-refractivity contribution >= 4 is 16.6 Å². The van der Waals surface area contributed by atoms with E-state index in [9.17, 15) is 4.39 Å². The van der Waals surface area contributed by atoms with Gasteiger partial charge in [-0.15, -0.1) is 6.58 Å². The lowest BCUT2D eigenvalue weighted by Gasteiger charge is -2.09. The van der Waals surface area contributed by atoms with Gasteiger partial charge in [-0.25, -0.2) is 9.24 Å². The second kappa shape index (κ2) is 7.42. The molecule has 0 atom stereocenters. The number of halogens is 1. The number of fused-ring (bicyclic) bond motifs is 1. The van der Waals surface area contributed by atoms with Gasteiger partial charge >= 0.3 is 0 Å². The molecule has 0 aliphatic rings. The maximum atomic E-state index is 13.0. The minimum atomic E-state index is -0.293. The van der Waals surface area contributed by atoms with Crippen molar-refractivity contribution in [2.24, 2.45) is 0 Å². The van der Waals surface area contributed by atoms with Crippen LogP contribution in [0.1, 0.15) is 5.56 Å². The Morgan fingerprint density at radius 1 is 1.00 bits per heavy atom. The summed E-state index contributed by atoms with van der Waals surface area (Å²) in [6, 6.07) is 19.4. The SMILES string of the molecule is [C-]#[N+]c1ccc2c(c1)c(CC=C)cn2-c1ccc(Oc2ccc(F)cc2)cc1. The molecule has 4 heteroatoms. The summed E-state index contributed by atoms with van der Waals surface area (Å²) < 4.78 is 20.9. The van der Waals surface area contributed by atoms with Crippen LogP contribution in [-0.4, -0.2) is 4.57 Å². The van der Waals surface area contributed by atoms with E-state index < -0.39 is 0 Å². The average Bonchev–Trinajstić information content (AvgIpc) is 3.08. The molecule has 4 aromatic rings. The second-order valence-electron chi connectivity index (χ2n) is 6.38. The molecule has 0 amide bonds. The lowest BCUT2D eigenvalue weighted by atomic mass is 10.1. The topological polar surface area (TPSA) is 18.5 Å². The summed E-state index contributed by atoms with van der Waals surface area (Å²) in [5, 5.41) is 1.06. The van der Waals surface area contributed by atoms with Crippen LogP contribution in [0, 0.1) is 12.4 Å². The molecule has 3 aromatic carbocycles. The van der Waals surface area contributed by atoms with Gasteiger partial charge in [0.25, 0.3) is 0 Å². The van der Waals surface area contributed by atoms with Crippen molar-refractivity contribution in [1.29, 1.82) is 0 Å². The quantitative estimate of drug-likeness (QED) is 0.279. The summed E-state index contributed by atoms with van der Waals surface area (Å²) in [4.78, 5) is 3.54. The number of aromatic nitrogens is 1. The van der Waals surface area contributed by atoms with Crippen LogP contribution in [-0.2, 0) is 6.42 Å². The molecular weight excluding hydrogens is 351 g/mol. The minimum Gasteiger partial charge on any atom is -0.457 e. The zero-order valence-corrected chi connectivity index (χ0v) is 15.1. The Hall–Kier alpha value is -3.84. The molecule has 0 radical (unpaired) electrons. The molecule has 0 aliphatic carbocycles. The lowest BCUT2D eigenvalue weighted by Crippen LogP contribution is -1.92. The Bertz CT molecular complexity index is 1180. The Balaban J connectivity index is 1.69. The molecule has 0 unspecified atom stereocenters. The van der Waals surface area contributed by atoms with Crippen LogP contribution in [0.15, 0.2) is 85.6 Å². The van der Waals surface area contributed by atoms with Gasteiger partial charge in [-0.3, -0.25) is 0 Å². The number of benzene rings is 3. The zero-order chi connectivity index (χ0) is 19.5. The highest BCUT2D eigenvalue weighted by molar-refractivity contribution is 5.89. The molecule has 3 nitrogen and oxygen atoms in total. The molecule has 0 saturated heterocycles. The van der Waals surface area contributed by atoms with Crippen molar-refractivity contribution in [3.05, 3.63) is 108 Å². The Labute approximate surface area is 162 Å². The summed E-state index contributed by atoms with van der Waals surface area (Å²) in [7, 11) is 0. The van der Waals surface area contributed by atoms with Gasteiger partial charge in [0.2, 0.25) is 0 Å². The third kappa shape index (κ3) is 3.38. The maximum absolute atomic E-state index is 13.0. The van der Waals surface area contributed by atoms with E-state index in [0.717, 1.165) is 28.6 Å². The van der Waals surface area contributed by atoms with Gasteiger partial charge in [0.05, 0.1) is 12.1 Å². The highest BCUT2D eigenvalue weighted by Gasteiger charge is 2.10. The van der Waals surface area contributed by atoms with Gasteiger partial charge in [-0.1, -0.05) is 12.1 Å². The number of nitrogens with zero attached hydrogens (tertiary/aromatic N) is 2. The van der Waals surface area contributed by atoms with Crippen LogP contribution in [0.4, 0.5) is 10.1 Å². The number of hydrogen-bond acceptors (Lipinski definition) is 1. The van der Waals surface area contributed by atoms with Gasteiger partial charge in [-0.2, -0.15) is 0 Å². The monoisotopic (exact) mass is 368 g/mol. The number of rotatable bonds is 5. The Kier molecular flexibility index (Phi) is 4.65. The normalized spacial score (nSPS) is 10.6. The highest BCUT2D eigenvalue weighted by Crippen LogP contribution is 2.30. The molecule has 136 valence electrons. The zero-order valence-electron chi connectivity index (χ0n) is 15.1. The van der Waals surface area contributed by atoms with Crippen molar-refractivity contribution < 1.29 is 9.13 Å². The predicted octanol–water partition coefficient (Wildman–Crippen LogP) is 6.84. The Morgan fingerprint density at radius 2 is 1.68 bits per heavy atom. The van der Waals surface area contributed by atoms with E-state index in [4.69, 9.17) is 11.3 Å². The number of allylic oxidation sites excluding steroid dienone is 1. The fraction of sp³-hybridized carbons (Fsp3) is 0.0417. The standard InChI is InChI=1S/C24H17FN2O/c1-3-4-17-16-27(24-14-7-19(26-2)15-23(17)24)20-8-12-22(13-9-20)28-21-10-5-18(25)6-11-21/h3,5-16H,1,4H2. The summed E-state index contributed by atoms with van der Waals surface area (Å²) in [5.41, 5.74) is 3.78. The maximum Gasteiger partial charge on any atom is 0.187 e. The molecule has 0 N–H and O–H groups in total. The molecule has 0 saturated carbocycles. The largest absolute Gasteiger partial charge is 0.457 e. The molecule has 1 aromatic heterocycles. The van der Waals surface area contributed by atoms with E-state index in [2.05, 4.69) is 22.2 Å². The van der Waals surface area contributed by atoms with Crippen LogP contribution in [0.3, 0.4) is 0 Å². The van der Waals surface area contributed by atoms with Crippen molar-refractivity contribution in [2.75, 3.05) is 0 Å². The summed E-state index contributed by atoms with van der Waals surface area (Å²) >= 11 is 0. The first-order valence-corrected chi connectivity index (χ1v) is 8.84. The third-order valence-electron chi connectivity index (χ3n) is 4.53. The molecule has 4 rings (SSSR count). The van der Waals surface area contributed by atoms with Crippen LogP contribution in [0.5, 0.6) is 11.5 Å². The van der Waals surface area contributed by atoms with E-state index >= 15 is 0 Å². The smallest absolute Gasteiger partial charge is 0.187 e. The molecule has 1 heterocycles. The van der Waals surface area contributed by atoms with Crippen LogP contribution in [0.2, 0.25) is 0 Å². The van der Waals surface area contributed by atoms with E-state index in [-0.39, 0.29) is 5.82 Å². The van der Waals surface area contributed by atoms with Gasteiger partial charge in [0.1, 0.15) is 17.3 Å². The summed E-state index contributed by atoms with van der Waals surface area (Å²) in [6.45, 7) is 11.1. The minimum absolute atomic E-state index is 0.293. The van der Waals surface area contributed by atoms with E-state index in [0.29, 0.717) is 17.2 Å². The van der Waals surface area contributed by atoms with E-state index in [1.165, 1.54) is 12.1 Å². The van der Waals surface area contributed by atoms with Crippen molar-refractivity contribution in [1.82, 2.24) is 4.57 Å². The number of hydrogen-bond donors (Lipinski definition) is 0. The first-order valence-electron chi connectivity index (χ1n) is 8.84. The van der Waals surface area contributed by atoms with Gasteiger partial charge in [-0.05, 0) is 78.0 Å². The van der Waals surface area contributed by atoms with Crippen molar-refractivity contribution in [3.63, 3.8) is 0 Å². The number of ether oxygens (including phenoxy) is 1. The average molecular weight is 368 g/mol. The molecule has 0 aliphatic heterocycles. The third-order valence-corrected chi connectivity index (χ3v) is 4.53. The van der Waals surface area contributed by atoms with Gasteiger partial charge in [0.15, 0.2) is 5.69 Å². The van der Waals surface area contributed by atoms with Crippen molar-refractivity contribution in [3.8, 4) is 17.2 Å². The van der Waals surface area contributed by atoms with Gasteiger partial charge < -0.3 is 9.30 Å². The molecule has 0 spiro atoms. The summed E-state index contributed by atoms with van der Waals surface area (Å²) in [6.07, 6.45) is 4.68. The second-order valence-corrected chi connectivity index (χ2v) is 6.38. The first kappa shape index (κ1) is 17.6. The van der Waals surface area contributed by atoms with E-state index in [1.54, 1.807) is 12.1 Å². The molecule has 0 bridgehead atoms. The fourth-order valence-electron chi connectivity index (χ4n) is 3.20. The van der Waals surface area contributed by atoms with Crippen molar-refractivity contribution in [2.45, 2.75) is 6.42 Å².